The van der Waals surface area contributed by atoms with Gasteiger partial charge < -0.3 is 9.47 Å². The van der Waals surface area contributed by atoms with Gasteiger partial charge in [-0.1, -0.05) is 23.5 Å². The third-order valence-electron chi connectivity index (χ3n) is 4.74. The number of nitrogens with zero attached hydrogens (tertiary/aromatic N) is 2. The SMILES string of the molecule is CC(Oc1ccc(F)c(F)c1)C(=O)N(CC1CCCO1)c1nc2ccccc2s1. The summed E-state index contributed by atoms with van der Waals surface area (Å²) in [6, 6.07) is 10.9. The number of benzene rings is 2. The molecule has 3 aromatic rings. The number of aromatic nitrogens is 1. The van der Waals surface area contributed by atoms with Crippen molar-refractivity contribution in [1.29, 1.82) is 0 Å². The fourth-order valence-corrected chi connectivity index (χ4v) is 4.23. The molecular weight excluding hydrogens is 398 g/mol. The minimum absolute atomic E-state index is 0.0681. The van der Waals surface area contributed by atoms with Crippen LogP contribution in [0, 0.1) is 11.6 Å². The number of anilines is 1. The summed E-state index contributed by atoms with van der Waals surface area (Å²) in [6.07, 6.45) is 0.843. The molecule has 1 fully saturated rings. The van der Waals surface area contributed by atoms with Crippen molar-refractivity contribution in [2.24, 2.45) is 0 Å². The molecule has 29 heavy (non-hydrogen) atoms. The van der Waals surface area contributed by atoms with Crippen LogP contribution in [-0.4, -0.2) is 36.3 Å². The second kappa shape index (κ2) is 8.42. The summed E-state index contributed by atoms with van der Waals surface area (Å²) >= 11 is 1.42. The summed E-state index contributed by atoms with van der Waals surface area (Å²) in [5, 5.41) is 0.562. The number of hydrogen-bond donors (Lipinski definition) is 0. The zero-order chi connectivity index (χ0) is 20.4. The summed E-state index contributed by atoms with van der Waals surface area (Å²) < 4.78 is 38.9. The molecule has 2 aromatic carbocycles. The molecule has 2 unspecified atom stereocenters. The molecule has 8 heteroatoms. The van der Waals surface area contributed by atoms with Gasteiger partial charge in [0, 0.05) is 12.7 Å². The molecular formula is C21H20F2N2O3S. The number of ether oxygens (including phenoxy) is 2. The fraction of sp³-hybridized carbons (Fsp3) is 0.333. The van der Waals surface area contributed by atoms with Gasteiger partial charge in [-0.3, -0.25) is 9.69 Å². The Kier molecular flexibility index (Phi) is 5.73. The number of carbonyl (C=O) groups is 1. The number of para-hydroxylation sites is 1. The highest BCUT2D eigenvalue weighted by molar-refractivity contribution is 7.22. The van der Waals surface area contributed by atoms with Gasteiger partial charge in [-0.15, -0.1) is 0 Å². The molecule has 152 valence electrons. The molecule has 0 saturated carbocycles. The Balaban J connectivity index is 1.58. The third kappa shape index (κ3) is 4.38. The Bertz CT molecular complexity index is 987. The Labute approximate surface area is 170 Å². The van der Waals surface area contributed by atoms with E-state index in [9.17, 15) is 13.6 Å². The van der Waals surface area contributed by atoms with Crippen LogP contribution >= 0.6 is 11.3 Å². The lowest BCUT2D eigenvalue weighted by Crippen LogP contribution is -2.44. The third-order valence-corrected chi connectivity index (χ3v) is 5.80. The summed E-state index contributed by atoms with van der Waals surface area (Å²) in [7, 11) is 0. The summed E-state index contributed by atoms with van der Waals surface area (Å²) in [4.78, 5) is 19.4. The highest BCUT2D eigenvalue weighted by atomic mass is 32.1. The van der Waals surface area contributed by atoms with Gasteiger partial charge in [0.1, 0.15) is 5.75 Å². The van der Waals surface area contributed by atoms with E-state index in [0.717, 1.165) is 35.2 Å². The smallest absolute Gasteiger partial charge is 0.269 e. The molecule has 0 radical (unpaired) electrons. The molecule has 2 atom stereocenters. The molecule has 0 bridgehead atoms. The van der Waals surface area contributed by atoms with Crippen LogP contribution in [0.4, 0.5) is 13.9 Å². The lowest BCUT2D eigenvalue weighted by Gasteiger charge is -2.26. The van der Waals surface area contributed by atoms with Crippen LogP contribution in [0.1, 0.15) is 19.8 Å². The first-order chi connectivity index (χ1) is 14.0. The summed E-state index contributed by atoms with van der Waals surface area (Å²) in [5.41, 5.74) is 0.812. The van der Waals surface area contributed by atoms with E-state index in [1.807, 2.05) is 24.3 Å². The highest BCUT2D eigenvalue weighted by Gasteiger charge is 2.30. The first-order valence-electron chi connectivity index (χ1n) is 9.41. The van der Waals surface area contributed by atoms with Crippen molar-refractivity contribution in [3.63, 3.8) is 0 Å². The van der Waals surface area contributed by atoms with Gasteiger partial charge in [-0.25, -0.2) is 13.8 Å². The Morgan fingerprint density at radius 1 is 1.31 bits per heavy atom. The van der Waals surface area contributed by atoms with Crippen molar-refractivity contribution < 1.29 is 23.0 Å². The van der Waals surface area contributed by atoms with Crippen molar-refractivity contribution in [2.45, 2.75) is 32.0 Å². The predicted octanol–water partition coefficient (Wildman–Crippen LogP) is 4.55. The lowest BCUT2D eigenvalue weighted by molar-refractivity contribution is -0.125. The van der Waals surface area contributed by atoms with Gasteiger partial charge in [0.2, 0.25) is 0 Å². The second-order valence-electron chi connectivity index (χ2n) is 6.88. The van der Waals surface area contributed by atoms with E-state index in [2.05, 4.69) is 4.98 Å². The minimum atomic E-state index is -1.02. The van der Waals surface area contributed by atoms with Crippen LogP contribution in [0.5, 0.6) is 5.75 Å². The molecule has 4 rings (SSSR count). The van der Waals surface area contributed by atoms with E-state index in [1.165, 1.54) is 17.4 Å². The van der Waals surface area contributed by atoms with Crippen LogP contribution < -0.4 is 9.64 Å². The van der Waals surface area contributed by atoms with Gasteiger partial charge in [0.15, 0.2) is 22.9 Å². The van der Waals surface area contributed by atoms with Crippen molar-refractivity contribution in [3.8, 4) is 5.75 Å². The standard InChI is InChI=1S/C21H20F2N2O3S/c1-13(28-14-8-9-16(22)17(23)11-14)20(26)25(12-15-5-4-10-27-15)21-24-18-6-2-3-7-19(18)29-21/h2-3,6-9,11,13,15H,4-5,10,12H2,1H3. The largest absolute Gasteiger partial charge is 0.481 e. The molecule has 0 N–H and O–H groups in total. The van der Waals surface area contributed by atoms with E-state index in [4.69, 9.17) is 9.47 Å². The molecule has 0 spiro atoms. The molecule has 1 aromatic heterocycles. The maximum absolute atomic E-state index is 13.5. The number of carbonyl (C=O) groups excluding carboxylic acids is 1. The number of amides is 1. The van der Waals surface area contributed by atoms with Crippen LogP contribution in [0.3, 0.4) is 0 Å². The normalized spacial score (nSPS) is 17.4. The molecule has 0 aliphatic carbocycles. The Morgan fingerprint density at radius 2 is 2.14 bits per heavy atom. The van der Waals surface area contributed by atoms with Crippen LogP contribution in [0.15, 0.2) is 42.5 Å². The number of hydrogen-bond acceptors (Lipinski definition) is 5. The summed E-state index contributed by atoms with van der Waals surface area (Å²) in [5.74, 6) is -2.22. The van der Waals surface area contributed by atoms with E-state index in [0.29, 0.717) is 18.3 Å². The van der Waals surface area contributed by atoms with Gasteiger partial charge in [0.25, 0.3) is 5.91 Å². The van der Waals surface area contributed by atoms with Gasteiger partial charge in [0.05, 0.1) is 22.9 Å². The van der Waals surface area contributed by atoms with E-state index < -0.39 is 17.7 Å². The molecule has 1 aliphatic rings. The van der Waals surface area contributed by atoms with Crippen molar-refractivity contribution in [3.05, 3.63) is 54.1 Å². The Hall–Kier alpha value is -2.58. The lowest BCUT2D eigenvalue weighted by atomic mass is 10.2. The second-order valence-corrected chi connectivity index (χ2v) is 7.89. The molecule has 1 saturated heterocycles. The number of halogens is 2. The average molecular weight is 418 g/mol. The van der Waals surface area contributed by atoms with E-state index in [-0.39, 0.29) is 17.8 Å². The van der Waals surface area contributed by atoms with Crippen molar-refractivity contribution in [1.82, 2.24) is 4.98 Å². The maximum Gasteiger partial charge on any atom is 0.269 e. The first-order valence-corrected chi connectivity index (χ1v) is 10.2. The Morgan fingerprint density at radius 3 is 2.86 bits per heavy atom. The molecule has 5 nitrogen and oxygen atoms in total. The van der Waals surface area contributed by atoms with Gasteiger partial charge in [-0.2, -0.15) is 0 Å². The average Bonchev–Trinajstić information content (AvgIpc) is 3.37. The summed E-state index contributed by atoms with van der Waals surface area (Å²) in [6.45, 7) is 2.62. The number of rotatable bonds is 6. The first kappa shape index (κ1) is 19.7. The predicted molar refractivity (Wildman–Crippen MR) is 107 cm³/mol. The maximum atomic E-state index is 13.5. The van der Waals surface area contributed by atoms with Crippen molar-refractivity contribution >= 4 is 32.6 Å². The highest BCUT2D eigenvalue weighted by Crippen LogP contribution is 2.30. The topological polar surface area (TPSA) is 51.7 Å². The monoisotopic (exact) mass is 418 g/mol. The zero-order valence-corrected chi connectivity index (χ0v) is 16.6. The van der Waals surface area contributed by atoms with E-state index >= 15 is 0 Å². The van der Waals surface area contributed by atoms with Crippen LogP contribution in [0.25, 0.3) is 10.2 Å². The zero-order valence-electron chi connectivity index (χ0n) is 15.8. The van der Waals surface area contributed by atoms with Crippen LogP contribution in [0.2, 0.25) is 0 Å². The quantitative estimate of drug-likeness (QED) is 0.589. The molecule has 2 heterocycles. The van der Waals surface area contributed by atoms with Crippen molar-refractivity contribution in [2.75, 3.05) is 18.1 Å². The number of thiazole rings is 1. The fourth-order valence-electron chi connectivity index (χ4n) is 3.25. The van der Waals surface area contributed by atoms with Gasteiger partial charge in [-0.05, 0) is 44.0 Å². The van der Waals surface area contributed by atoms with E-state index in [1.54, 1.807) is 11.8 Å². The van der Waals surface area contributed by atoms with Crippen LogP contribution in [-0.2, 0) is 9.53 Å². The van der Waals surface area contributed by atoms with Gasteiger partial charge >= 0.3 is 0 Å². The number of fused-ring (bicyclic) bond motifs is 1. The molecule has 1 aliphatic heterocycles. The minimum Gasteiger partial charge on any atom is -0.481 e. The molecule has 1 amide bonds.